The van der Waals surface area contributed by atoms with E-state index in [4.69, 9.17) is 9.72 Å². The number of para-hydroxylation sites is 1. The molecule has 4 amide bonds. The number of ether oxygens (including phenoxy) is 1. The Kier molecular flexibility index (Phi) is 8.03. The normalized spacial score (nSPS) is 15.9. The van der Waals surface area contributed by atoms with Crippen LogP contribution in [-0.4, -0.2) is 64.2 Å². The van der Waals surface area contributed by atoms with Crippen molar-refractivity contribution < 1.29 is 38.3 Å². The number of pyridine rings is 1. The number of esters is 1. The van der Waals surface area contributed by atoms with Crippen molar-refractivity contribution in [3.8, 4) is 0 Å². The van der Waals surface area contributed by atoms with Crippen LogP contribution in [0.25, 0.3) is 32.4 Å². The number of benzene rings is 6. The smallest absolute Gasteiger partial charge is 0.338 e. The fraction of sp³-hybridized carbons (Fsp3) is 0.0870. The first-order valence-electron chi connectivity index (χ1n) is 18.4. The van der Waals surface area contributed by atoms with Crippen LogP contribution in [0.2, 0.25) is 0 Å². The fourth-order valence-corrected chi connectivity index (χ4v) is 8.72. The number of nitrogens with zero attached hydrogens (tertiary/aromatic N) is 3. The van der Waals surface area contributed by atoms with Gasteiger partial charge in [0.25, 0.3) is 23.6 Å². The van der Waals surface area contributed by atoms with Crippen LogP contribution in [0.3, 0.4) is 0 Å². The Hall–Kier alpha value is -7.18. The Bertz CT molecular complexity index is 3050. The molecule has 0 saturated carbocycles. The Morgan fingerprint density at radius 3 is 2.03 bits per heavy atom. The quantitative estimate of drug-likeness (QED) is 0.0673. The molecular formula is C46H26BrN3O8. The van der Waals surface area contributed by atoms with E-state index in [-0.39, 0.29) is 64.3 Å². The maximum Gasteiger partial charge on any atom is 0.338 e. The van der Waals surface area contributed by atoms with Crippen LogP contribution in [0, 0.1) is 0 Å². The highest BCUT2D eigenvalue weighted by Crippen LogP contribution is 2.39. The molecule has 0 saturated heterocycles. The maximum absolute atomic E-state index is 13.9. The number of amides is 4. The molecule has 10 rings (SSSR count). The standard InChI is InChI=1S/C46H26BrN3O8/c47-34-12-3-9-25-20-32-33(22-30(25)34)45(56)50(44(32)55)36-13-4-8-24-15-17-35(48-39(24)36)38-40(51)27-16-14-26(21-31(27)41(38)52)46(57)58-19-5-18-49-42(53)28-10-1-6-23-7-2-11-29(37(23)28)43(49)54/h1-4,6-17,20-22,38H,5,18-19H2. The largest absolute Gasteiger partial charge is 0.462 e. The molecule has 3 aliphatic rings. The number of aromatic nitrogens is 1. The van der Waals surface area contributed by atoms with Gasteiger partial charge in [-0.25, -0.2) is 14.7 Å². The van der Waals surface area contributed by atoms with Crippen LogP contribution in [0.15, 0.2) is 120 Å². The summed E-state index contributed by atoms with van der Waals surface area (Å²) >= 11 is 3.52. The van der Waals surface area contributed by atoms with Crippen LogP contribution in [0.1, 0.15) is 90.5 Å². The minimum atomic E-state index is -1.32. The zero-order chi connectivity index (χ0) is 40.0. The predicted molar refractivity (Wildman–Crippen MR) is 217 cm³/mol. The third-order valence-corrected chi connectivity index (χ3v) is 11.7. The number of Topliss-reactive ketones (excluding diaryl/α,β-unsaturated/α-hetero) is 2. The first-order chi connectivity index (χ1) is 28.1. The summed E-state index contributed by atoms with van der Waals surface area (Å²) < 4.78 is 6.25. The maximum atomic E-state index is 13.9. The molecule has 1 unspecified atom stereocenters. The van der Waals surface area contributed by atoms with Gasteiger partial charge in [0.05, 0.1) is 40.2 Å². The van der Waals surface area contributed by atoms with Gasteiger partial charge in [-0.3, -0.25) is 33.7 Å². The summed E-state index contributed by atoms with van der Waals surface area (Å²) in [4.78, 5) is 102. The summed E-state index contributed by atoms with van der Waals surface area (Å²) in [6, 6.07) is 32.0. The van der Waals surface area contributed by atoms with Gasteiger partial charge in [0.2, 0.25) is 0 Å². The molecule has 1 aliphatic carbocycles. The van der Waals surface area contributed by atoms with Crippen LogP contribution in [0.5, 0.6) is 0 Å². The highest BCUT2D eigenvalue weighted by molar-refractivity contribution is 9.10. The summed E-state index contributed by atoms with van der Waals surface area (Å²) in [5, 5.41) is 3.58. The van der Waals surface area contributed by atoms with Gasteiger partial charge in [0.1, 0.15) is 5.92 Å². The number of halogens is 1. The minimum absolute atomic E-state index is 0.0249. The van der Waals surface area contributed by atoms with E-state index in [1.807, 2.05) is 30.3 Å². The average molecular weight is 829 g/mol. The molecule has 1 atom stereocenters. The summed E-state index contributed by atoms with van der Waals surface area (Å²) in [7, 11) is 0. The predicted octanol–water partition coefficient (Wildman–Crippen LogP) is 8.11. The van der Waals surface area contributed by atoms with Crippen molar-refractivity contribution in [2.45, 2.75) is 12.3 Å². The topological polar surface area (TPSA) is 148 Å². The van der Waals surface area contributed by atoms with Crippen molar-refractivity contribution >= 4 is 95.2 Å². The number of hydrogen-bond acceptors (Lipinski definition) is 9. The Morgan fingerprint density at radius 1 is 0.621 bits per heavy atom. The van der Waals surface area contributed by atoms with Gasteiger partial charge in [-0.15, -0.1) is 0 Å². The SMILES string of the molecule is O=C(OCCCN1C(=O)c2cccc3cccc(c23)C1=O)c1ccc2c(c1)C(=O)C(c1ccc3cccc(N4C(=O)c5cc6cccc(Br)c6cc5C4=O)c3n1)C2=O. The molecule has 58 heavy (non-hydrogen) atoms. The zero-order valence-corrected chi connectivity index (χ0v) is 31.7. The summed E-state index contributed by atoms with van der Waals surface area (Å²) in [5.74, 6) is -5.00. The number of carbonyl (C=O) groups excluding carboxylic acids is 7. The van der Waals surface area contributed by atoms with Gasteiger partial charge in [-0.2, -0.15) is 0 Å². The van der Waals surface area contributed by atoms with E-state index in [0.29, 0.717) is 21.9 Å². The second kappa shape index (κ2) is 13.2. The van der Waals surface area contributed by atoms with Crippen molar-refractivity contribution in [1.29, 1.82) is 0 Å². The summed E-state index contributed by atoms with van der Waals surface area (Å²) in [6.45, 7) is -0.0875. The van der Waals surface area contributed by atoms with Crippen LogP contribution in [0.4, 0.5) is 5.69 Å². The van der Waals surface area contributed by atoms with Crippen molar-refractivity contribution in [3.63, 3.8) is 0 Å². The summed E-state index contributed by atoms with van der Waals surface area (Å²) in [6.07, 6.45) is 0.177. The van der Waals surface area contributed by atoms with E-state index < -0.39 is 47.1 Å². The van der Waals surface area contributed by atoms with Crippen LogP contribution < -0.4 is 4.90 Å². The number of carbonyl (C=O) groups is 7. The van der Waals surface area contributed by atoms with Gasteiger partial charge in [0.15, 0.2) is 11.6 Å². The first kappa shape index (κ1) is 35.2. The van der Waals surface area contributed by atoms with E-state index in [9.17, 15) is 33.6 Å². The first-order valence-corrected chi connectivity index (χ1v) is 19.2. The third kappa shape index (κ3) is 5.25. The molecule has 280 valence electrons. The molecule has 6 aromatic carbocycles. The Balaban J connectivity index is 0.863. The molecule has 0 radical (unpaired) electrons. The van der Waals surface area contributed by atoms with Gasteiger partial charge in [0, 0.05) is 44.0 Å². The minimum Gasteiger partial charge on any atom is -0.462 e. The van der Waals surface area contributed by atoms with Crippen LogP contribution >= 0.6 is 15.9 Å². The molecule has 0 bridgehead atoms. The molecule has 2 aliphatic heterocycles. The van der Waals surface area contributed by atoms with Gasteiger partial charge in [-0.1, -0.05) is 70.5 Å². The lowest BCUT2D eigenvalue weighted by molar-refractivity contribution is 0.0475. The van der Waals surface area contributed by atoms with E-state index in [1.54, 1.807) is 66.7 Å². The van der Waals surface area contributed by atoms with E-state index in [1.165, 1.54) is 18.2 Å². The lowest BCUT2D eigenvalue weighted by atomic mass is 9.94. The average Bonchev–Trinajstić information content (AvgIpc) is 3.63. The third-order valence-electron chi connectivity index (χ3n) is 11.0. The van der Waals surface area contributed by atoms with Gasteiger partial charge < -0.3 is 4.74 Å². The molecule has 0 N–H and O–H groups in total. The second-order valence-corrected chi connectivity index (χ2v) is 15.1. The highest BCUT2D eigenvalue weighted by atomic mass is 79.9. The lowest BCUT2D eigenvalue weighted by Crippen LogP contribution is -2.41. The van der Waals surface area contributed by atoms with Crippen molar-refractivity contribution in [3.05, 3.63) is 164 Å². The molecule has 12 heteroatoms. The van der Waals surface area contributed by atoms with Gasteiger partial charge in [-0.05, 0) is 83.2 Å². The highest BCUT2D eigenvalue weighted by Gasteiger charge is 2.42. The number of hydrogen-bond donors (Lipinski definition) is 0. The Morgan fingerprint density at radius 2 is 1.28 bits per heavy atom. The monoisotopic (exact) mass is 827 g/mol. The number of imide groups is 2. The molecule has 0 spiro atoms. The molecule has 1 aromatic heterocycles. The number of fused-ring (bicyclic) bond motifs is 4. The number of ketones is 2. The van der Waals surface area contributed by atoms with E-state index in [0.717, 1.165) is 30.4 Å². The molecular weight excluding hydrogens is 802 g/mol. The van der Waals surface area contributed by atoms with Crippen molar-refractivity contribution in [2.75, 3.05) is 18.1 Å². The molecule has 11 nitrogen and oxygen atoms in total. The van der Waals surface area contributed by atoms with E-state index >= 15 is 0 Å². The number of anilines is 1. The molecule has 0 fully saturated rings. The fourth-order valence-electron chi connectivity index (χ4n) is 8.22. The number of rotatable bonds is 7. The van der Waals surface area contributed by atoms with Gasteiger partial charge >= 0.3 is 5.97 Å². The van der Waals surface area contributed by atoms with Crippen LogP contribution in [-0.2, 0) is 4.74 Å². The molecule has 3 heterocycles. The lowest BCUT2D eigenvalue weighted by Gasteiger charge is -2.27. The second-order valence-electron chi connectivity index (χ2n) is 14.3. The molecule has 7 aromatic rings. The van der Waals surface area contributed by atoms with Crippen molar-refractivity contribution in [2.24, 2.45) is 0 Å². The van der Waals surface area contributed by atoms with Crippen molar-refractivity contribution in [1.82, 2.24) is 9.88 Å². The Labute approximate surface area is 336 Å². The zero-order valence-electron chi connectivity index (χ0n) is 30.2. The van der Waals surface area contributed by atoms with E-state index in [2.05, 4.69) is 15.9 Å². The summed E-state index contributed by atoms with van der Waals surface area (Å²) in [5.41, 5.74) is 2.18.